The Kier molecular flexibility index (Phi) is 6.55. The Morgan fingerprint density at radius 1 is 1.10 bits per heavy atom. The van der Waals surface area contributed by atoms with E-state index in [0.717, 1.165) is 37.3 Å². The first-order valence-electron chi connectivity index (χ1n) is 9.47. The molecule has 1 aliphatic carbocycles. The smallest absolute Gasteiger partial charge is 0.0692 e. The zero-order valence-corrected chi connectivity index (χ0v) is 14.8. The number of rotatable bonds is 6. The van der Waals surface area contributed by atoms with E-state index < -0.39 is 0 Å². The van der Waals surface area contributed by atoms with Crippen molar-refractivity contribution in [3.63, 3.8) is 0 Å². The zero-order chi connectivity index (χ0) is 15.3. The lowest BCUT2D eigenvalue weighted by Crippen LogP contribution is -2.50. The Morgan fingerprint density at radius 2 is 1.86 bits per heavy atom. The molecule has 0 spiro atoms. The summed E-state index contributed by atoms with van der Waals surface area (Å²) in [6.45, 7) is 10.2. The van der Waals surface area contributed by atoms with Gasteiger partial charge in [0.05, 0.1) is 5.60 Å². The van der Waals surface area contributed by atoms with Crippen molar-refractivity contribution < 1.29 is 4.74 Å². The second-order valence-corrected chi connectivity index (χ2v) is 7.95. The van der Waals surface area contributed by atoms with E-state index in [1.165, 1.54) is 44.9 Å². The second kappa shape index (κ2) is 7.97. The lowest BCUT2D eigenvalue weighted by Gasteiger charge is -2.42. The van der Waals surface area contributed by atoms with E-state index in [9.17, 15) is 0 Å². The van der Waals surface area contributed by atoms with Crippen molar-refractivity contribution in [3.05, 3.63) is 0 Å². The average molecular weight is 296 g/mol. The molecule has 2 nitrogen and oxygen atoms in total. The third-order valence-electron chi connectivity index (χ3n) is 5.84. The van der Waals surface area contributed by atoms with Gasteiger partial charge in [0.25, 0.3) is 0 Å². The highest BCUT2D eigenvalue weighted by Crippen LogP contribution is 2.34. The van der Waals surface area contributed by atoms with E-state index in [1.54, 1.807) is 0 Å². The maximum atomic E-state index is 6.12. The Balaban J connectivity index is 1.83. The third kappa shape index (κ3) is 4.96. The van der Waals surface area contributed by atoms with Crippen LogP contribution in [0, 0.1) is 11.8 Å². The molecular weight excluding hydrogens is 258 g/mol. The first-order chi connectivity index (χ1) is 10.1. The first-order valence-corrected chi connectivity index (χ1v) is 9.47. The van der Waals surface area contributed by atoms with Crippen LogP contribution in [-0.2, 0) is 4.74 Å². The minimum absolute atomic E-state index is 0.155. The van der Waals surface area contributed by atoms with Crippen molar-refractivity contribution in [3.8, 4) is 0 Å². The van der Waals surface area contributed by atoms with Crippen molar-refractivity contribution in [2.75, 3.05) is 6.61 Å². The van der Waals surface area contributed by atoms with Crippen molar-refractivity contribution in [2.45, 2.75) is 103 Å². The van der Waals surface area contributed by atoms with E-state index in [-0.39, 0.29) is 5.60 Å². The molecule has 1 aliphatic heterocycles. The predicted octanol–water partition coefficient (Wildman–Crippen LogP) is 4.92. The van der Waals surface area contributed by atoms with Crippen molar-refractivity contribution in [1.29, 1.82) is 0 Å². The van der Waals surface area contributed by atoms with Crippen molar-refractivity contribution in [1.82, 2.24) is 5.32 Å². The molecule has 0 radical (unpaired) electrons. The van der Waals surface area contributed by atoms with Crippen LogP contribution in [-0.4, -0.2) is 24.3 Å². The molecule has 3 unspecified atom stereocenters. The van der Waals surface area contributed by atoms with Crippen molar-refractivity contribution in [2.24, 2.45) is 11.8 Å². The normalized spacial score (nSPS) is 33.3. The average Bonchev–Trinajstić information content (AvgIpc) is 2.47. The van der Waals surface area contributed by atoms with Crippen LogP contribution in [0.2, 0.25) is 0 Å². The van der Waals surface area contributed by atoms with Crippen LogP contribution < -0.4 is 5.32 Å². The van der Waals surface area contributed by atoms with Gasteiger partial charge >= 0.3 is 0 Å². The molecule has 1 N–H and O–H groups in total. The Labute approximate surface area is 132 Å². The lowest BCUT2D eigenvalue weighted by molar-refractivity contribution is -0.0946. The standard InChI is InChI=1S/C19H37NO/c1-5-19(6-2)14-18(10-11-21-19)20-17-9-7-8-16(13-17)12-15(3)4/h15-18,20H,5-14H2,1-4H3. The fourth-order valence-electron chi connectivity index (χ4n) is 4.57. The van der Waals surface area contributed by atoms with E-state index in [1.807, 2.05) is 0 Å². The summed E-state index contributed by atoms with van der Waals surface area (Å²) in [4.78, 5) is 0. The van der Waals surface area contributed by atoms with Crippen molar-refractivity contribution >= 4 is 0 Å². The topological polar surface area (TPSA) is 21.3 Å². The Hall–Kier alpha value is -0.0800. The monoisotopic (exact) mass is 295 g/mol. The van der Waals surface area contributed by atoms with Gasteiger partial charge in [-0.15, -0.1) is 0 Å². The van der Waals surface area contributed by atoms with Gasteiger partial charge in [-0.2, -0.15) is 0 Å². The minimum Gasteiger partial charge on any atom is -0.375 e. The predicted molar refractivity (Wildman–Crippen MR) is 90.6 cm³/mol. The number of hydrogen-bond acceptors (Lipinski definition) is 2. The van der Waals surface area contributed by atoms with Gasteiger partial charge in [0.1, 0.15) is 0 Å². The van der Waals surface area contributed by atoms with Gasteiger partial charge < -0.3 is 10.1 Å². The summed E-state index contributed by atoms with van der Waals surface area (Å²) in [5, 5.41) is 4.00. The maximum absolute atomic E-state index is 6.12. The molecule has 0 aromatic rings. The number of ether oxygens (including phenoxy) is 1. The molecule has 2 heteroatoms. The van der Waals surface area contributed by atoms with E-state index >= 15 is 0 Å². The summed E-state index contributed by atoms with van der Waals surface area (Å²) in [5.74, 6) is 1.81. The fourth-order valence-corrected chi connectivity index (χ4v) is 4.57. The molecule has 21 heavy (non-hydrogen) atoms. The molecule has 2 fully saturated rings. The zero-order valence-electron chi connectivity index (χ0n) is 14.8. The van der Waals surface area contributed by atoms with Crippen LogP contribution in [0.25, 0.3) is 0 Å². The highest BCUT2D eigenvalue weighted by molar-refractivity contribution is 4.90. The highest BCUT2D eigenvalue weighted by Gasteiger charge is 2.35. The summed E-state index contributed by atoms with van der Waals surface area (Å²) < 4.78 is 6.12. The fraction of sp³-hybridized carbons (Fsp3) is 1.00. The molecule has 1 saturated heterocycles. The molecule has 0 aromatic carbocycles. The SMILES string of the molecule is CCC1(CC)CC(NC2CCCC(CC(C)C)C2)CCO1. The molecule has 1 saturated carbocycles. The molecule has 3 atom stereocenters. The molecule has 0 bridgehead atoms. The molecule has 124 valence electrons. The van der Waals surface area contributed by atoms with E-state index in [0.29, 0.717) is 6.04 Å². The van der Waals surface area contributed by atoms with Gasteiger partial charge in [-0.05, 0) is 56.8 Å². The van der Waals surface area contributed by atoms with Gasteiger partial charge in [-0.25, -0.2) is 0 Å². The van der Waals surface area contributed by atoms with Gasteiger partial charge in [0, 0.05) is 18.7 Å². The number of nitrogens with one attached hydrogen (secondary N) is 1. The molecule has 0 aromatic heterocycles. The second-order valence-electron chi connectivity index (χ2n) is 7.95. The largest absolute Gasteiger partial charge is 0.375 e. The summed E-state index contributed by atoms with van der Waals surface area (Å²) in [6.07, 6.45) is 11.8. The van der Waals surface area contributed by atoms with Gasteiger partial charge in [0.15, 0.2) is 0 Å². The van der Waals surface area contributed by atoms with Gasteiger partial charge in [-0.1, -0.05) is 40.5 Å². The maximum Gasteiger partial charge on any atom is 0.0692 e. The minimum atomic E-state index is 0.155. The van der Waals surface area contributed by atoms with Crippen LogP contribution in [0.1, 0.15) is 85.5 Å². The molecular formula is C19H37NO. The summed E-state index contributed by atoms with van der Waals surface area (Å²) >= 11 is 0. The van der Waals surface area contributed by atoms with Crippen LogP contribution in [0.4, 0.5) is 0 Å². The highest BCUT2D eigenvalue weighted by atomic mass is 16.5. The van der Waals surface area contributed by atoms with Gasteiger partial charge in [-0.3, -0.25) is 0 Å². The lowest BCUT2D eigenvalue weighted by atomic mass is 9.80. The van der Waals surface area contributed by atoms with E-state index in [2.05, 4.69) is 33.0 Å². The molecule has 2 rings (SSSR count). The third-order valence-corrected chi connectivity index (χ3v) is 5.84. The molecule has 2 aliphatic rings. The van der Waals surface area contributed by atoms with Gasteiger partial charge in [0.2, 0.25) is 0 Å². The first kappa shape index (κ1) is 17.3. The van der Waals surface area contributed by atoms with Crippen LogP contribution in [0.5, 0.6) is 0 Å². The van der Waals surface area contributed by atoms with Crippen LogP contribution >= 0.6 is 0 Å². The Morgan fingerprint density at radius 3 is 2.52 bits per heavy atom. The summed E-state index contributed by atoms with van der Waals surface area (Å²) in [6, 6.07) is 1.44. The summed E-state index contributed by atoms with van der Waals surface area (Å²) in [5.41, 5.74) is 0.155. The van der Waals surface area contributed by atoms with E-state index in [4.69, 9.17) is 4.74 Å². The Bertz CT molecular complexity index is 298. The number of hydrogen-bond donors (Lipinski definition) is 1. The van der Waals surface area contributed by atoms with Crippen LogP contribution in [0.15, 0.2) is 0 Å². The van der Waals surface area contributed by atoms with Crippen LogP contribution in [0.3, 0.4) is 0 Å². The molecule has 0 amide bonds. The quantitative estimate of drug-likeness (QED) is 0.751. The molecule has 1 heterocycles. The summed E-state index contributed by atoms with van der Waals surface area (Å²) in [7, 11) is 0.